The van der Waals surface area contributed by atoms with Crippen LogP contribution in [0.3, 0.4) is 0 Å². The fraction of sp³-hybridized carbons (Fsp3) is 0.192. The van der Waals surface area contributed by atoms with E-state index in [9.17, 15) is 4.79 Å². The molecule has 5 rings (SSSR count). The Morgan fingerprint density at radius 1 is 1.00 bits per heavy atom. The summed E-state index contributed by atoms with van der Waals surface area (Å²) < 4.78 is 0.965. The first-order chi connectivity index (χ1) is 16.5. The van der Waals surface area contributed by atoms with E-state index in [2.05, 4.69) is 4.90 Å². The molecule has 8 heteroatoms. The first-order valence-electron chi connectivity index (χ1n) is 11.0. The van der Waals surface area contributed by atoms with E-state index in [4.69, 9.17) is 21.6 Å². The monoisotopic (exact) mass is 506 g/mol. The van der Waals surface area contributed by atoms with Crippen LogP contribution in [0.15, 0.2) is 66.0 Å². The topological polar surface area (TPSA) is 49.3 Å². The molecule has 0 fully saturated rings. The predicted molar refractivity (Wildman–Crippen MR) is 145 cm³/mol. The van der Waals surface area contributed by atoms with E-state index in [1.165, 1.54) is 11.3 Å². The van der Waals surface area contributed by atoms with Gasteiger partial charge in [0, 0.05) is 11.9 Å². The van der Waals surface area contributed by atoms with E-state index < -0.39 is 0 Å². The Kier molecular flexibility index (Phi) is 6.61. The Hall–Kier alpha value is -2.84. The van der Waals surface area contributed by atoms with Crippen LogP contribution < -0.4 is 4.90 Å². The van der Waals surface area contributed by atoms with Crippen molar-refractivity contribution in [3.05, 3.63) is 76.6 Å². The molecule has 0 saturated carbocycles. The number of fused-ring (bicyclic) bond motifs is 2. The van der Waals surface area contributed by atoms with Crippen molar-refractivity contribution in [2.75, 3.05) is 32.1 Å². The molecule has 0 unspecified atom stereocenters. The number of benzene rings is 2. The van der Waals surface area contributed by atoms with Gasteiger partial charge in [-0.25, -0.2) is 9.97 Å². The number of para-hydroxylation sites is 2. The van der Waals surface area contributed by atoms with Crippen LogP contribution in [-0.2, 0) is 0 Å². The standard InChI is InChI=1S/C26H23ClN4OS2/c1-30(2)13-7-14-31(26-29-24-19(27)9-5-11-23(24)34-26)25(32)18-16-21(22-12-6-15-33-22)28-20-10-4-3-8-17(18)20/h3-6,8-12,15-16H,7,13-14H2,1-2H3. The molecule has 0 radical (unpaired) electrons. The maximum absolute atomic E-state index is 14.1. The number of anilines is 1. The highest BCUT2D eigenvalue weighted by Gasteiger charge is 2.24. The molecule has 1 amide bonds. The molecule has 5 aromatic rings. The summed E-state index contributed by atoms with van der Waals surface area (Å²) in [6.07, 6.45) is 0.823. The molecule has 3 heterocycles. The quantitative estimate of drug-likeness (QED) is 0.243. The summed E-state index contributed by atoms with van der Waals surface area (Å²) in [6.45, 7) is 1.42. The zero-order valence-electron chi connectivity index (χ0n) is 18.9. The van der Waals surface area contributed by atoms with Crippen LogP contribution in [0, 0.1) is 0 Å². The van der Waals surface area contributed by atoms with Crippen molar-refractivity contribution in [2.24, 2.45) is 0 Å². The summed E-state index contributed by atoms with van der Waals surface area (Å²) in [5.74, 6) is -0.0784. The normalized spacial score (nSPS) is 11.5. The van der Waals surface area contributed by atoms with Crippen LogP contribution in [0.4, 0.5) is 5.13 Å². The van der Waals surface area contributed by atoms with Gasteiger partial charge in [-0.1, -0.05) is 53.3 Å². The lowest BCUT2D eigenvalue weighted by Crippen LogP contribution is -2.33. The van der Waals surface area contributed by atoms with Gasteiger partial charge in [0.1, 0.15) is 5.52 Å². The van der Waals surface area contributed by atoms with Gasteiger partial charge >= 0.3 is 0 Å². The molecule has 34 heavy (non-hydrogen) atoms. The summed E-state index contributed by atoms with van der Waals surface area (Å²) >= 11 is 9.51. The predicted octanol–water partition coefficient (Wildman–Crippen LogP) is 6.82. The van der Waals surface area contributed by atoms with Gasteiger partial charge in [0.15, 0.2) is 5.13 Å². The second-order valence-electron chi connectivity index (χ2n) is 8.25. The van der Waals surface area contributed by atoms with Crippen molar-refractivity contribution in [2.45, 2.75) is 6.42 Å². The first-order valence-corrected chi connectivity index (χ1v) is 13.0. The molecule has 0 aliphatic heterocycles. The van der Waals surface area contributed by atoms with Crippen molar-refractivity contribution < 1.29 is 4.79 Å². The number of pyridine rings is 1. The fourth-order valence-electron chi connectivity index (χ4n) is 3.90. The second kappa shape index (κ2) is 9.80. The smallest absolute Gasteiger partial charge is 0.260 e. The molecule has 0 aliphatic carbocycles. The molecule has 5 nitrogen and oxygen atoms in total. The van der Waals surface area contributed by atoms with Gasteiger partial charge in [-0.3, -0.25) is 9.69 Å². The lowest BCUT2D eigenvalue weighted by Gasteiger charge is -2.22. The minimum atomic E-state index is -0.0784. The summed E-state index contributed by atoms with van der Waals surface area (Å²) in [5, 5.41) is 4.11. The largest absolute Gasteiger partial charge is 0.309 e. The SMILES string of the molecule is CN(C)CCCN(C(=O)c1cc(-c2cccs2)nc2ccccc12)c1nc2c(Cl)cccc2s1. The summed E-state index contributed by atoms with van der Waals surface area (Å²) in [5.41, 5.74) is 2.97. The van der Waals surface area contributed by atoms with E-state index in [0.29, 0.717) is 22.3 Å². The Morgan fingerprint density at radius 2 is 1.85 bits per heavy atom. The Balaban J connectivity index is 1.62. The van der Waals surface area contributed by atoms with E-state index in [1.54, 1.807) is 16.2 Å². The molecule has 0 saturated heterocycles. The van der Waals surface area contributed by atoms with Crippen LogP contribution in [0.1, 0.15) is 16.8 Å². The number of halogens is 1. The Bertz CT molecular complexity index is 1460. The first kappa shape index (κ1) is 22.9. The zero-order valence-corrected chi connectivity index (χ0v) is 21.3. The fourth-order valence-corrected chi connectivity index (χ4v) is 5.87. The van der Waals surface area contributed by atoms with Gasteiger partial charge in [-0.05, 0) is 62.8 Å². The molecular formula is C26H23ClN4OS2. The van der Waals surface area contributed by atoms with Crippen LogP contribution in [0.5, 0.6) is 0 Å². The number of hydrogen-bond acceptors (Lipinski definition) is 6. The number of thiazole rings is 1. The maximum atomic E-state index is 14.1. The summed E-state index contributed by atoms with van der Waals surface area (Å²) in [7, 11) is 4.07. The van der Waals surface area contributed by atoms with Gasteiger partial charge < -0.3 is 4.90 Å². The summed E-state index contributed by atoms with van der Waals surface area (Å²) in [4.78, 5) is 28.7. The van der Waals surface area contributed by atoms with Crippen LogP contribution in [-0.4, -0.2) is 48.0 Å². The van der Waals surface area contributed by atoms with Crippen LogP contribution >= 0.6 is 34.3 Å². The van der Waals surface area contributed by atoms with Crippen molar-refractivity contribution in [3.8, 4) is 10.6 Å². The molecule has 172 valence electrons. The van der Waals surface area contributed by atoms with Crippen molar-refractivity contribution in [1.82, 2.24) is 14.9 Å². The van der Waals surface area contributed by atoms with Gasteiger partial charge in [0.25, 0.3) is 5.91 Å². The number of thiophene rings is 1. The van der Waals surface area contributed by atoms with Gasteiger partial charge in [-0.2, -0.15) is 0 Å². The van der Waals surface area contributed by atoms with E-state index in [-0.39, 0.29) is 5.91 Å². The minimum Gasteiger partial charge on any atom is -0.309 e. The second-order valence-corrected chi connectivity index (χ2v) is 10.6. The maximum Gasteiger partial charge on any atom is 0.260 e. The number of carbonyl (C=O) groups is 1. The molecule has 0 N–H and O–H groups in total. The van der Waals surface area contributed by atoms with Gasteiger partial charge in [0.2, 0.25) is 0 Å². The number of hydrogen-bond donors (Lipinski definition) is 0. The molecule has 0 aliphatic rings. The lowest BCUT2D eigenvalue weighted by atomic mass is 10.1. The van der Waals surface area contributed by atoms with Crippen LogP contribution in [0.25, 0.3) is 31.7 Å². The lowest BCUT2D eigenvalue weighted by molar-refractivity contribution is 0.0987. The third-order valence-corrected chi connectivity index (χ3v) is 7.78. The highest BCUT2D eigenvalue weighted by Crippen LogP contribution is 2.35. The van der Waals surface area contributed by atoms with Crippen molar-refractivity contribution >= 4 is 66.4 Å². The van der Waals surface area contributed by atoms with E-state index >= 15 is 0 Å². The minimum absolute atomic E-state index is 0.0784. The van der Waals surface area contributed by atoms with Crippen molar-refractivity contribution in [1.29, 1.82) is 0 Å². The number of rotatable bonds is 7. The number of amides is 1. The van der Waals surface area contributed by atoms with E-state index in [1.807, 2.05) is 80.1 Å². The average molecular weight is 507 g/mol. The third-order valence-electron chi connectivity index (χ3n) is 5.54. The number of nitrogens with zero attached hydrogens (tertiary/aromatic N) is 4. The molecule has 0 bridgehead atoms. The van der Waals surface area contributed by atoms with Crippen LogP contribution in [0.2, 0.25) is 5.02 Å². The molecular weight excluding hydrogens is 484 g/mol. The Labute approximate surface area is 211 Å². The molecule has 0 atom stereocenters. The Morgan fingerprint density at radius 3 is 2.62 bits per heavy atom. The van der Waals surface area contributed by atoms with E-state index in [0.717, 1.165) is 44.7 Å². The number of aromatic nitrogens is 2. The van der Waals surface area contributed by atoms with Crippen molar-refractivity contribution in [3.63, 3.8) is 0 Å². The van der Waals surface area contributed by atoms with Gasteiger partial charge in [0.05, 0.1) is 31.4 Å². The molecule has 2 aromatic carbocycles. The highest BCUT2D eigenvalue weighted by atomic mass is 35.5. The zero-order chi connectivity index (χ0) is 23.7. The van der Waals surface area contributed by atoms with Gasteiger partial charge in [-0.15, -0.1) is 11.3 Å². The molecule has 0 spiro atoms. The number of carbonyl (C=O) groups excluding carboxylic acids is 1. The molecule has 3 aromatic heterocycles. The highest BCUT2D eigenvalue weighted by molar-refractivity contribution is 7.22. The average Bonchev–Trinajstić information content (AvgIpc) is 3.52. The summed E-state index contributed by atoms with van der Waals surface area (Å²) in [6, 6.07) is 19.5. The third kappa shape index (κ3) is 4.57.